The van der Waals surface area contributed by atoms with Crippen molar-refractivity contribution in [3.63, 3.8) is 0 Å². The van der Waals surface area contributed by atoms with Crippen molar-refractivity contribution in [1.82, 2.24) is 0 Å². The van der Waals surface area contributed by atoms with E-state index in [1.54, 1.807) is 6.92 Å². The smallest absolute Gasteiger partial charge is 0.341 e. The molecule has 0 radical (unpaired) electrons. The van der Waals surface area contributed by atoms with Gasteiger partial charge in [0.15, 0.2) is 5.78 Å². The molecule has 0 atom stereocenters. The maximum atomic E-state index is 11.8. The molecule has 0 bridgehead atoms. The Kier molecular flexibility index (Phi) is 6.83. The van der Waals surface area contributed by atoms with E-state index in [0.717, 1.165) is 0 Å². The third-order valence-electron chi connectivity index (χ3n) is 2.29. The minimum Gasteiger partial charge on any atom is -0.462 e. The number of carbonyl (C=O) groups is 2. The quantitative estimate of drug-likeness (QED) is 0.196. The number of ketones is 1. The van der Waals surface area contributed by atoms with Crippen molar-refractivity contribution in [2.24, 2.45) is 0 Å². The first kappa shape index (κ1) is 17.3. The summed E-state index contributed by atoms with van der Waals surface area (Å²) in [5.41, 5.74) is 0.0373. The highest BCUT2D eigenvalue weighted by atomic mass is 35.5. The van der Waals surface area contributed by atoms with Crippen LogP contribution in [0.3, 0.4) is 0 Å². The molecule has 0 saturated heterocycles. The first-order valence-electron chi connectivity index (χ1n) is 5.53. The number of carbonyl (C=O) groups excluding carboxylic acids is 2. The Morgan fingerprint density at radius 3 is 2.35 bits per heavy atom. The average molecular weight is 356 g/mol. The third kappa shape index (κ3) is 4.13. The van der Waals surface area contributed by atoms with Gasteiger partial charge in [0.25, 0.3) is 0 Å². The van der Waals surface area contributed by atoms with Crippen LogP contribution in [-0.4, -0.2) is 24.2 Å². The molecule has 0 heterocycles. The lowest BCUT2D eigenvalue weighted by molar-refractivity contribution is -0.139. The standard InChI is InChI=1S/C13H10Cl4O3/c1-2-20-13(19)8(11(18)6-14)5-7-9(15)3-4-10(16)12(7)17/h3-5H,2,6H2,1H3. The van der Waals surface area contributed by atoms with Crippen molar-refractivity contribution in [2.75, 3.05) is 12.5 Å². The first-order valence-corrected chi connectivity index (χ1v) is 7.20. The summed E-state index contributed by atoms with van der Waals surface area (Å²) >= 11 is 23.4. The van der Waals surface area contributed by atoms with Crippen molar-refractivity contribution in [2.45, 2.75) is 6.92 Å². The molecule has 0 fully saturated rings. The zero-order chi connectivity index (χ0) is 15.3. The molecule has 0 N–H and O–H groups in total. The fourth-order valence-electron chi connectivity index (χ4n) is 1.35. The molecule has 0 amide bonds. The van der Waals surface area contributed by atoms with Crippen LogP contribution < -0.4 is 0 Å². The Morgan fingerprint density at radius 2 is 1.80 bits per heavy atom. The highest BCUT2D eigenvalue weighted by Crippen LogP contribution is 2.33. The minimum absolute atomic E-state index is 0.128. The van der Waals surface area contributed by atoms with Crippen LogP contribution in [-0.2, 0) is 14.3 Å². The Hall–Kier alpha value is -0.740. The van der Waals surface area contributed by atoms with Crippen molar-refractivity contribution in [1.29, 1.82) is 0 Å². The number of rotatable bonds is 5. The van der Waals surface area contributed by atoms with E-state index < -0.39 is 11.8 Å². The van der Waals surface area contributed by atoms with Crippen LogP contribution >= 0.6 is 46.4 Å². The highest BCUT2D eigenvalue weighted by Gasteiger charge is 2.20. The summed E-state index contributed by atoms with van der Waals surface area (Å²) in [6, 6.07) is 3.02. The Morgan fingerprint density at radius 1 is 1.20 bits per heavy atom. The van der Waals surface area contributed by atoms with Gasteiger partial charge < -0.3 is 4.74 Å². The number of alkyl halides is 1. The summed E-state index contributed by atoms with van der Waals surface area (Å²) < 4.78 is 4.80. The molecule has 3 nitrogen and oxygen atoms in total. The zero-order valence-electron chi connectivity index (χ0n) is 10.4. The van der Waals surface area contributed by atoms with Gasteiger partial charge in [0.1, 0.15) is 5.57 Å². The second-order valence-corrected chi connectivity index (χ2v) is 5.05. The molecule has 1 aromatic rings. The van der Waals surface area contributed by atoms with E-state index in [1.807, 2.05) is 0 Å². The number of benzene rings is 1. The van der Waals surface area contributed by atoms with Gasteiger partial charge in [-0.3, -0.25) is 4.79 Å². The predicted octanol–water partition coefficient (Wildman–Crippen LogP) is 4.40. The number of halogens is 4. The molecular weight excluding hydrogens is 346 g/mol. The lowest BCUT2D eigenvalue weighted by Gasteiger charge is -2.08. The van der Waals surface area contributed by atoms with Crippen LogP contribution in [0.2, 0.25) is 15.1 Å². The minimum atomic E-state index is -0.787. The van der Waals surface area contributed by atoms with E-state index in [1.165, 1.54) is 18.2 Å². The van der Waals surface area contributed by atoms with Crippen molar-refractivity contribution >= 4 is 64.2 Å². The normalized spacial score (nSPS) is 11.3. The number of ether oxygens (including phenoxy) is 1. The molecule has 1 aromatic carbocycles. The van der Waals surface area contributed by atoms with E-state index in [4.69, 9.17) is 51.1 Å². The second-order valence-electron chi connectivity index (χ2n) is 3.59. The highest BCUT2D eigenvalue weighted by molar-refractivity contribution is 6.45. The largest absolute Gasteiger partial charge is 0.462 e. The average Bonchev–Trinajstić information content (AvgIpc) is 2.42. The summed E-state index contributed by atoms with van der Waals surface area (Å²) in [5, 5.41) is 0.649. The van der Waals surface area contributed by atoms with Crippen LogP contribution in [0.5, 0.6) is 0 Å². The van der Waals surface area contributed by atoms with Gasteiger partial charge in [0.05, 0.1) is 22.5 Å². The van der Waals surface area contributed by atoms with Crippen molar-refractivity contribution in [3.05, 3.63) is 38.3 Å². The van der Waals surface area contributed by atoms with Crippen LogP contribution in [0.25, 0.3) is 6.08 Å². The van der Waals surface area contributed by atoms with Gasteiger partial charge in [-0.2, -0.15) is 0 Å². The zero-order valence-corrected chi connectivity index (χ0v) is 13.4. The molecule has 0 aliphatic rings. The molecule has 108 valence electrons. The fraction of sp³-hybridized carbons (Fsp3) is 0.231. The molecule has 0 aliphatic carbocycles. The fourth-order valence-corrected chi connectivity index (χ4v) is 2.14. The summed E-state index contributed by atoms with van der Waals surface area (Å²) in [6.45, 7) is 1.75. The summed E-state index contributed by atoms with van der Waals surface area (Å²) in [7, 11) is 0. The third-order valence-corrected chi connectivity index (χ3v) is 3.68. The van der Waals surface area contributed by atoms with E-state index in [-0.39, 0.29) is 38.7 Å². The second kappa shape index (κ2) is 7.89. The van der Waals surface area contributed by atoms with E-state index in [9.17, 15) is 9.59 Å². The van der Waals surface area contributed by atoms with Crippen molar-refractivity contribution < 1.29 is 14.3 Å². The van der Waals surface area contributed by atoms with Crippen LogP contribution in [0, 0.1) is 0 Å². The van der Waals surface area contributed by atoms with Crippen LogP contribution in [0.1, 0.15) is 12.5 Å². The van der Waals surface area contributed by atoms with Gasteiger partial charge in [-0.1, -0.05) is 34.8 Å². The van der Waals surface area contributed by atoms with Crippen molar-refractivity contribution in [3.8, 4) is 0 Å². The number of hydrogen-bond donors (Lipinski definition) is 0. The van der Waals surface area contributed by atoms with Gasteiger partial charge in [0, 0.05) is 10.6 Å². The van der Waals surface area contributed by atoms with Gasteiger partial charge in [-0.05, 0) is 25.1 Å². The van der Waals surface area contributed by atoms with Crippen LogP contribution in [0.4, 0.5) is 0 Å². The lowest BCUT2D eigenvalue weighted by Crippen LogP contribution is -2.16. The maximum absolute atomic E-state index is 11.8. The summed E-state index contributed by atoms with van der Waals surface area (Å²) in [4.78, 5) is 23.5. The van der Waals surface area contributed by atoms with Gasteiger partial charge >= 0.3 is 5.97 Å². The SMILES string of the molecule is CCOC(=O)C(=Cc1c(Cl)ccc(Cl)c1Cl)C(=O)CCl. The maximum Gasteiger partial charge on any atom is 0.341 e. The van der Waals surface area contributed by atoms with Gasteiger partial charge in [-0.25, -0.2) is 4.79 Å². The summed E-state index contributed by atoms with van der Waals surface area (Å²) in [5.74, 6) is -1.73. The number of Topliss-reactive ketones (excluding diaryl/α,β-unsaturated/α-hetero) is 1. The molecule has 0 saturated carbocycles. The molecule has 0 aliphatic heterocycles. The van der Waals surface area contributed by atoms with E-state index in [0.29, 0.717) is 0 Å². The number of hydrogen-bond acceptors (Lipinski definition) is 3. The number of esters is 1. The van der Waals surface area contributed by atoms with Gasteiger partial charge in [0.2, 0.25) is 0 Å². The van der Waals surface area contributed by atoms with E-state index in [2.05, 4.69) is 0 Å². The predicted molar refractivity (Wildman–Crippen MR) is 81.8 cm³/mol. The van der Waals surface area contributed by atoms with E-state index >= 15 is 0 Å². The molecule has 0 spiro atoms. The molecule has 7 heteroatoms. The molecule has 0 aromatic heterocycles. The molecule has 1 rings (SSSR count). The monoisotopic (exact) mass is 354 g/mol. The Balaban J connectivity index is 3.37. The first-order chi connectivity index (χ1) is 9.42. The Bertz CT molecular complexity index is 567. The Labute approximate surface area is 136 Å². The summed E-state index contributed by atoms with van der Waals surface area (Å²) in [6.07, 6.45) is 1.24. The van der Waals surface area contributed by atoms with Crippen LogP contribution in [0.15, 0.2) is 17.7 Å². The molecular formula is C13H10Cl4O3. The topological polar surface area (TPSA) is 43.4 Å². The lowest BCUT2D eigenvalue weighted by atomic mass is 10.1. The molecule has 0 unspecified atom stereocenters. The van der Waals surface area contributed by atoms with Gasteiger partial charge in [-0.15, -0.1) is 11.6 Å². The molecule has 20 heavy (non-hydrogen) atoms.